The van der Waals surface area contributed by atoms with Gasteiger partial charge < -0.3 is 14.9 Å². The molecular formula is C11H12F3N3O3. The number of aliphatic hydroxyl groups is 2. The summed E-state index contributed by atoms with van der Waals surface area (Å²) in [6, 6.07) is 2.96. The van der Waals surface area contributed by atoms with Crippen molar-refractivity contribution in [3.05, 3.63) is 39.8 Å². The van der Waals surface area contributed by atoms with E-state index in [0.29, 0.717) is 0 Å². The van der Waals surface area contributed by atoms with Gasteiger partial charge in [-0.3, -0.25) is 0 Å². The number of alkyl halides is 3. The van der Waals surface area contributed by atoms with Gasteiger partial charge in [0.2, 0.25) is 0 Å². The number of methoxy groups -OCH3 is 1. The lowest BCUT2D eigenvalue weighted by Gasteiger charge is -2.21. The molecule has 1 aromatic carbocycles. The van der Waals surface area contributed by atoms with Crippen LogP contribution in [-0.4, -0.2) is 30.0 Å². The maximum Gasteiger partial charge on any atom is 0.416 e. The highest BCUT2D eigenvalue weighted by atomic mass is 19.4. The zero-order valence-corrected chi connectivity index (χ0v) is 10.4. The molecule has 2 unspecified atom stereocenters. The van der Waals surface area contributed by atoms with E-state index in [1.807, 2.05) is 0 Å². The Balaban J connectivity index is 3.19. The van der Waals surface area contributed by atoms with Crippen LogP contribution in [0.1, 0.15) is 17.2 Å². The van der Waals surface area contributed by atoms with Gasteiger partial charge >= 0.3 is 6.18 Å². The fraction of sp³-hybridized carbons (Fsp3) is 0.455. The summed E-state index contributed by atoms with van der Waals surface area (Å²) in [5.74, 6) is -0.0298. The van der Waals surface area contributed by atoms with Crippen LogP contribution >= 0.6 is 0 Å². The first-order valence-electron chi connectivity index (χ1n) is 5.43. The first-order valence-corrected chi connectivity index (χ1v) is 5.43. The molecule has 0 saturated carbocycles. The first-order chi connectivity index (χ1) is 9.31. The van der Waals surface area contributed by atoms with Crippen molar-refractivity contribution >= 4 is 0 Å². The standard InChI is InChI=1S/C11H12F3N3O3/c1-20-6-2-3-7(8(4-6)11(12,13)14)10(19)9(18)5-16-17-15/h2-4,9-10,18-19H,5H2,1H3. The van der Waals surface area contributed by atoms with Gasteiger partial charge in [0, 0.05) is 4.91 Å². The van der Waals surface area contributed by atoms with Gasteiger partial charge in [0.05, 0.1) is 25.3 Å². The Bertz CT molecular complexity index is 515. The van der Waals surface area contributed by atoms with E-state index in [-0.39, 0.29) is 5.75 Å². The van der Waals surface area contributed by atoms with Crippen molar-refractivity contribution in [1.82, 2.24) is 0 Å². The second-order valence-electron chi connectivity index (χ2n) is 3.88. The van der Waals surface area contributed by atoms with Crippen LogP contribution in [0.5, 0.6) is 5.75 Å². The normalized spacial score (nSPS) is 14.3. The highest BCUT2D eigenvalue weighted by molar-refractivity contribution is 5.39. The summed E-state index contributed by atoms with van der Waals surface area (Å²) in [6.45, 7) is -0.541. The van der Waals surface area contributed by atoms with Crippen LogP contribution in [0.4, 0.5) is 13.2 Å². The van der Waals surface area contributed by atoms with Crippen LogP contribution in [0.2, 0.25) is 0 Å². The molecule has 110 valence electrons. The third-order valence-corrected chi connectivity index (χ3v) is 2.58. The smallest absolute Gasteiger partial charge is 0.416 e. The van der Waals surface area contributed by atoms with E-state index in [9.17, 15) is 23.4 Å². The molecule has 0 amide bonds. The minimum absolute atomic E-state index is 0.0298. The molecule has 2 atom stereocenters. The van der Waals surface area contributed by atoms with E-state index in [0.717, 1.165) is 12.1 Å². The molecule has 0 bridgehead atoms. The fourth-order valence-corrected chi connectivity index (χ4v) is 1.59. The summed E-state index contributed by atoms with van der Waals surface area (Å²) < 4.78 is 43.4. The maximum atomic E-state index is 12.9. The van der Waals surface area contributed by atoms with E-state index >= 15 is 0 Å². The quantitative estimate of drug-likeness (QED) is 0.495. The lowest BCUT2D eigenvalue weighted by Crippen LogP contribution is -2.24. The Morgan fingerprint density at radius 2 is 2.05 bits per heavy atom. The third kappa shape index (κ3) is 3.77. The van der Waals surface area contributed by atoms with E-state index < -0.39 is 36.1 Å². The van der Waals surface area contributed by atoms with Crippen LogP contribution in [0.3, 0.4) is 0 Å². The van der Waals surface area contributed by atoms with Gasteiger partial charge in [0.15, 0.2) is 0 Å². The predicted molar refractivity (Wildman–Crippen MR) is 63.0 cm³/mol. The minimum atomic E-state index is -4.72. The molecule has 0 aromatic heterocycles. The Kier molecular flexibility index (Phi) is 5.20. The average molecular weight is 291 g/mol. The number of halogens is 3. The summed E-state index contributed by atoms with van der Waals surface area (Å²) in [6.07, 6.45) is -8.19. The van der Waals surface area contributed by atoms with Crippen LogP contribution in [0.15, 0.2) is 23.3 Å². The molecule has 0 aliphatic carbocycles. The lowest BCUT2D eigenvalue weighted by molar-refractivity contribution is -0.140. The molecule has 0 radical (unpaired) electrons. The van der Waals surface area contributed by atoms with Gasteiger partial charge in [-0.1, -0.05) is 11.2 Å². The molecule has 9 heteroatoms. The molecule has 0 heterocycles. The second-order valence-corrected chi connectivity index (χ2v) is 3.88. The number of azide groups is 1. The maximum absolute atomic E-state index is 12.9. The summed E-state index contributed by atoms with van der Waals surface area (Å²) in [4.78, 5) is 2.36. The Hall–Kier alpha value is -1.96. The topological polar surface area (TPSA) is 98.5 Å². The van der Waals surface area contributed by atoms with E-state index in [1.165, 1.54) is 13.2 Å². The molecule has 6 nitrogen and oxygen atoms in total. The van der Waals surface area contributed by atoms with E-state index in [2.05, 4.69) is 10.0 Å². The molecule has 1 rings (SSSR count). The van der Waals surface area contributed by atoms with Crippen LogP contribution in [-0.2, 0) is 6.18 Å². The van der Waals surface area contributed by atoms with Crippen molar-refractivity contribution in [3.8, 4) is 5.75 Å². The molecule has 0 aliphatic heterocycles. The summed E-state index contributed by atoms with van der Waals surface area (Å²) in [7, 11) is 1.21. The number of ether oxygens (including phenoxy) is 1. The molecular weight excluding hydrogens is 279 g/mol. The zero-order chi connectivity index (χ0) is 15.3. The van der Waals surface area contributed by atoms with Gasteiger partial charge in [-0.25, -0.2) is 0 Å². The molecule has 0 aliphatic rings. The van der Waals surface area contributed by atoms with Crippen LogP contribution in [0.25, 0.3) is 10.4 Å². The van der Waals surface area contributed by atoms with Crippen LogP contribution < -0.4 is 4.74 Å². The van der Waals surface area contributed by atoms with Gasteiger partial charge in [-0.2, -0.15) is 13.2 Å². The highest BCUT2D eigenvalue weighted by Crippen LogP contribution is 2.37. The Morgan fingerprint density at radius 1 is 1.40 bits per heavy atom. The average Bonchev–Trinajstić information content (AvgIpc) is 2.42. The minimum Gasteiger partial charge on any atom is -0.497 e. The fourth-order valence-electron chi connectivity index (χ4n) is 1.59. The molecule has 0 spiro atoms. The van der Waals surface area contributed by atoms with Crippen LogP contribution in [0, 0.1) is 0 Å². The number of hydrogen-bond donors (Lipinski definition) is 2. The van der Waals surface area contributed by atoms with Crippen molar-refractivity contribution in [2.24, 2.45) is 5.11 Å². The number of hydrogen-bond acceptors (Lipinski definition) is 4. The molecule has 20 heavy (non-hydrogen) atoms. The van der Waals surface area contributed by atoms with Crippen molar-refractivity contribution in [2.45, 2.75) is 18.4 Å². The SMILES string of the molecule is COc1ccc(C(O)C(O)CN=[N+]=[N-])c(C(F)(F)F)c1. The molecule has 1 aromatic rings. The van der Waals surface area contributed by atoms with Crippen molar-refractivity contribution in [1.29, 1.82) is 0 Å². The number of rotatable bonds is 5. The van der Waals surface area contributed by atoms with Crippen molar-refractivity contribution < 1.29 is 28.1 Å². The molecule has 0 fully saturated rings. The highest BCUT2D eigenvalue weighted by Gasteiger charge is 2.36. The second kappa shape index (κ2) is 6.47. The van der Waals surface area contributed by atoms with Gasteiger partial charge in [-0.15, -0.1) is 0 Å². The van der Waals surface area contributed by atoms with E-state index in [4.69, 9.17) is 10.3 Å². The van der Waals surface area contributed by atoms with E-state index in [1.54, 1.807) is 0 Å². The predicted octanol–water partition coefficient (Wildman–Crippen LogP) is 2.42. The third-order valence-electron chi connectivity index (χ3n) is 2.58. The van der Waals surface area contributed by atoms with Gasteiger partial charge in [0.1, 0.15) is 11.9 Å². The molecule has 2 N–H and O–H groups in total. The van der Waals surface area contributed by atoms with Crippen molar-refractivity contribution in [2.75, 3.05) is 13.7 Å². The van der Waals surface area contributed by atoms with Crippen molar-refractivity contribution in [3.63, 3.8) is 0 Å². The Morgan fingerprint density at radius 3 is 2.55 bits per heavy atom. The number of benzene rings is 1. The number of aliphatic hydroxyl groups excluding tert-OH is 2. The monoisotopic (exact) mass is 291 g/mol. The lowest BCUT2D eigenvalue weighted by atomic mass is 9.98. The van der Waals surface area contributed by atoms with Gasteiger partial charge in [0.25, 0.3) is 0 Å². The summed E-state index contributed by atoms with van der Waals surface area (Å²) in [5.41, 5.74) is 6.45. The Labute approximate surface area is 112 Å². The van der Waals surface area contributed by atoms with Gasteiger partial charge in [-0.05, 0) is 23.2 Å². The molecule has 0 saturated heterocycles. The largest absolute Gasteiger partial charge is 0.497 e. The first kappa shape index (κ1) is 16.1. The summed E-state index contributed by atoms with van der Waals surface area (Å²) >= 11 is 0. The zero-order valence-electron chi connectivity index (χ0n) is 10.4. The summed E-state index contributed by atoms with van der Waals surface area (Å²) in [5, 5.41) is 22.3. The number of nitrogens with zero attached hydrogens (tertiary/aromatic N) is 3.